The van der Waals surface area contributed by atoms with Gasteiger partial charge in [0.25, 0.3) is 0 Å². The molecule has 2 amide bonds. The maximum Gasteiger partial charge on any atom is 0.239 e. The quantitative estimate of drug-likeness (QED) is 0.709. The molecule has 0 fully saturated rings. The maximum atomic E-state index is 11.6. The van der Waals surface area contributed by atoms with Crippen molar-refractivity contribution in [3.05, 3.63) is 34.9 Å². The largest absolute Gasteiger partial charge is 0.355 e. The van der Waals surface area contributed by atoms with Crippen LogP contribution in [0.15, 0.2) is 24.3 Å². The van der Waals surface area contributed by atoms with Gasteiger partial charge in [-0.25, -0.2) is 0 Å². The van der Waals surface area contributed by atoms with E-state index in [-0.39, 0.29) is 30.9 Å². The van der Waals surface area contributed by atoms with Gasteiger partial charge in [0, 0.05) is 17.6 Å². The molecule has 0 radical (unpaired) electrons. The third-order valence-electron chi connectivity index (χ3n) is 2.76. The van der Waals surface area contributed by atoms with E-state index in [0.29, 0.717) is 11.6 Å². The second-order valence-electron chi connectivity index (χ2n) is 4.35. The average molecular weight is 298 g/mol. The number of carbonyl (C=O) groups excluding carboxylic acids is 2. The van der Waals surface area contributed by atoms with Gasteiger partial charge in [0.15, 0.2) is 0 Å². The molecule has 0 aliphatic heterocycles. The molecule has 0 aliphatic rings. The third-order valence-corrected chi connectivity index (χ3v) is 3.10. The summed E-state index contributed by atoms with van der Waals surface area (Å²) in [6.07, 6.45) is 0. The van der Waals surface area contributed by atoms with E-state index in [0.717, 1.165) is 5.56 Å². The van der Waals surface area contributed by atoms with Crippen LogP contribution < -0.4 is 16.0 Å². The van der Waals surface area contributed by atoms with Gasteiger partial charge in [0.2, 0.25) is 11.8 Å². The van der Waals surface area contributed by atoms with Crippen molar-refractivity contribution in [2.24, 2.45) is 0 Å². The summed E-state index contributed by atoms with van der Waals surface area (Å²) in [5, 5.41) is 8.88. The predicted molar refractivity (Wildman–Crippen MR) is 79.6 cm³/mol. The molecule has 1 rings (SSSR count). The summed E-state index contributed by atoms with van der Waals surface area (Å²) in [4.78, 5) is 22.8. The first-order valence-electron chi connectivity index (χ1n) is 6.55. The number of benzene rings is 1. The lowest BCUT2D eigenvalue weighted by Gasteiger charge is -2.15. The van der Waals surface area contributed by atoms with E-state index in [4.69, 9.17) is 11.6 Å². The molecule has 0 aromatic heterocycles. The SMILES string of the molecule is CCNC(=O)CNC(=O)CN[C@H](C)c1ccccc1Cl. The van der Waals surface area contributed by atoms with Crippen molar-refractivity contribution >= 4 is 23.4 Å². The van der Waals surface area contributed by atoms with Crippen LogP contribution in [0.4, 0.5) is 0 Å². The molecule has 1 atom stereocenters. The number of halogens is 1. The average Bonchev–Trinajstić information content (AvgIpc) is 2.43. The van der Waals surface area contributed by atoms with E-state index in [2.05, 4.69) is 16.0 Å². The fourth-order valence-corrected chi connectivity index (χ4v) is 1.98. The zero-order chi connectivity index (χ0) is 15.0. The van der Waals surface area contributed by atoms with Crippen molar-refractivity contribution in [3.63, 3.8) is 0 Å². The van der Waals surface area contributed by atoms with Crippen LogP contribution in [0.3, 0.4) is 0 Å². The number of rotatable bonds is 7. The Bertz CT molecular complexity index is 465. The number of likely N-dealkylation sites (N-methyl/N-ethyl adjacent to an activating group) is 1. The Morgan fingerprint density at radius 2 is 1.80 bits per heavy atom. The molecule has 1 aromatic carbocycles. The van der Waals surface area contributed by atoms with Gasteiger partial charge in [-0.15, -0.1) is 0 Å². The maximum absolute atomic E-state index is 11.6. The van der Waals surface area contributed by atoms with Gasteiger partial charge in [-0.05, 0) is 25.5 Å². The molecular formula is C14H20ClN3O2. The second kappa shape index (κ2) is 8.55. The van der Waals surface area contributed by atoms with Crippen molar-refractivity contribution in [1.29, 1.82) is 0 Å². The number of carbonyl (C=O) groups is 2. The van der Waals surface area contributed by atoms with Crippen LogP contribution >= 0.6 is 11.6 Å². The van der Waals surface area contributed by atoms with E-state index in [1.54, 1.807) is 0 Å². The molecule has 110 valence electrons. The molecule has 0 saturated carbocycles. The fraction of sp³-hybridized carbons (Fsp3) is 0.429. The van der Waals surface area contributed by atoms with Crippen LogP contribution in [-0.4, -0.2) is 31.4 Å². The van der Waals surface area contributed by atoms with Crippen molar-refractivity contribution in [2.75, 3.05) is 19.6 Å². The Kier molecular flexibility index (Phi) is 7.04. The molecular weight excluding hydrogens is 278 g/mol. The summed E-state index contributed by atoms with van der Waals surface area (Å²) < 4.78 is 0. The molecule has 5 nitrogen and oxygen atoms in total. The zero-order valence-corrected chi connectivity index (χ0v) is 12.5. The van der Waals surface area contributed by atoms with Crippen LogP contribution in [-0.2, 0) is 9.59 Å². The van der Waals surface area contributed by atoms with Crippen LogP contribution in [0, 0.1) is 0 Å². The van der Waals surface area contributed by atoms with Crippen LogP contribution in [0.2, 0.25) is 5.02 Å². The van der Waals surface area contributed by atoms with E-state index in [1.165, 1.54) is 0 Å². The number of hydrogen-bond acceptors (Lipinski definition) is 3. The van der Waals surface area contributed by atoms with E-state index in [1.807, 2.05) is 38.1 Å². The molecule has 0 aliphatic carbocycles. The first kappa shape index (κ1) is 16.5. The Morgan fingerprint density at radius 1 is 1.15 bits per heavy atom. The normalized spacial score (nSPS) is 11.8. The van der Waals surface area contributed by atoms with Gasteiger partial charge >= 0.3 is 0 Å². The number of hydrogen-bond donors (Lipinski definition) is 3. The van der Waals surface area contributed by atoms with E-state index in [9.17, 15) is 9.59 Å². The highest BCUT2D eigenvalue weighted by Crippen LogP contribution is 2.21. The summed E-state index contributed by atoms with van der Waals surface area (Å²) in [5.41, 5.74) is 0.936. The Labute approximate surface area is 124 Å². The zero-order valence-electron chi connectivity index (χ0n) is 11.7. The first-order chi connectivity index (χ1) is 9.54. The molecule has 0 heterocycles. The Hall–Kier alpha value is -1.59. The molecule has 3 N–H and O–H groups in total. The minimum Gasteiger partial charge on any atom is -0.355 e. The molecule has 20 heavy (non-hydrogen) atoms. The minimum absolute atomic E-state index is 0.00513. The monoisotopic (exact) mass is 297 g/mol. The number of nitrogens with one attached hydrogen (secondary N) is 3. The van der Waals surface area contributed by atoms with Gasteiger partial charge < -0.3 is 16.0 Å². The van der Waals surface area contributed by atoms with Crippen molar-refractivity contribution in [2.45, 2.75) is 19.9 Å². The highest BCUT2D eigenvalue weighted by Gasteiger charge is 2.10. The predicted octanol–water partition coefficient (Wildman–Crippen LogP) is 1.24. The van der Waals surface area contributed by atoms with Gasteiger partial charge in [0.05, 0.1) is 13.1 Å². The molecule has 0 spiro atoms. The summed E-state index contributed by atoms with van der Waals surface area (Å²) in [7, 11) is 0. The van der Waals surface area contributed by atoms with Crippen molar-refractivity contribution < 1.29 is 9.59 Å². The highest BCUT2D eigenvalue weighted by molar-refractivity contribution is 6.31. The molecule has 0 bridgehead atoms. The molecule has 0 saturated heterocycles. The van der Waals surface area contributed by atoms with Crippen LogP contribution in [0.25, 0.3) is 0 Å². The van der Waals surface area contributed by atoms with Crippen molar-refractivity contribution in [3.8, 4) is 0 Å². The molecule has 1 aromatic rings. The summed E-state index contributed by atoms with van der Waals surface area (Å²) in [6, 6.07) is 7.43. The first-order valence-corrected chi connectivity index (χ1v) is 6.93. The lowest BCUT2D eigenvalue weighted by molar-refractivity contribution is -0.125. The molecule has 6 heteroatoms. The smallest absolute Gasteiger partial charge is 0.239 e. The lowest BCUT2D eigenvalue weighted by Crippen LogP contribution is -2.41. The lowest BCUT2D eigenvalue weighted by atomic mass is 10.1. The van der Waals surface area contributed by atoms with E-state index < -0.39 is 0 Å². The van der Waals surface area contributed by atoms with E-state index >= 15 is 0 Å². The second-order valence-corrected chi connectivity index (χ2v) is 4.76. The third kappa shape index (κ3) is 5.59. The van der Waals surface area contributed by atoms with Gasteiger partial charge in [-0.1, -0.05) is 29.8 Å². The minimum atomic E-state index is -0.227. The summed E-state index contributed by atoms with van der Waals surface area (Å²) >= 11 is 6.08. The van der Waals surface area contributed by atoms with Crippen LogP contribution in [0.5, 0.6) is 0 Å². The van der Waals surface area contributed by atoms with Gasteiger partial charge in [-0.3, -0.25) is 9.59 Å². The Morgan fingerprint density at radius 3 is 2.45 bits per heavy atom. The number of amides is 2. The Balaban J connectivity index is 2.34. The summed E-state index contributed by atoms with van der Waals surface area (Å²) in [5.74, 6) is -0.421. The van der Waals surface area contributed by atoms with Gasteiger partial charge in [0.1, 0.15) is 0 Å². The van der Waals surface area contributed by atoms with Crippen LogP contribution in [0.1, 0.15) is 25.5 Å². The summed E-state index contributed by atoms with van der Waals surface area (Å²) in [6.45, 7) is 4.43. The standard InChI is InChI=1S/C14H20ClN3O2/c1-3-16-13(19)9-18-14(20)8-17-10(2)11-6-4-5-7-12(11)15/h4-7,10,17H,3,8-9H2,1-2H3,(H,16,19)(H,18,20)/t10-/m1/s1. The van der Waals surface area contributed by atoms with Crippen molar-refractivity contribution in [1.82, 2.24) is 16.0 Å². The van der Waals surface area contributed by atoms with Gasteiger partial charge in [-0.2, -0.15) is 0 Å². The topological polar surface area (TPSA) is 70.2 Å². The fourth-order valence-electron chi connectivity index (χ4n) is 1.68. The highest BCUT2D eigenvalue weighted by atomic mass is 35.5. The molecule has 0 unspecified atom stereocenters.